The summed E-state index contributed by atoms with van der Waals surface area (Å²) in [5.41, 5.74) is 2.42. The molecule has 0 amide bonds. The van der Waals surface area contributed by atoms with E-state index in [1.54, 1.807) is 0 Å². The van der Waals surface area contributed by atoms with Gasteiger partial charge in [-0.25, -0.2) is 0 Å². The van der Waals surface area contributed by atoms with Gasteiger partial charge in [-0.05, 0) is 12.5 Å². The molecule has 0 spiro atoms. The largest absolute Gasteiger partial charge is 0.494 e. The lowest BCUT2D eigenvalue weighted by atomic mass is 9.92. The normalized spacial score (nSPS) is 25.0. The molecule has 1 nitrogen and oxygen atoms in total. The molecule has 48 valence electrons. The van der Waals surface area contributed by atoms with Crippen LogP contribution < -0.4 is 0 Å². The van der Waals surface area contributed by atoms with Crippen LogP contribution in [0.25, 0.3) is 0 Å². The molecule has 0 aromatic rings. The van der Waals surface area contributed by atoms with E-state index in [1.165, 1.54) is 5.47 Å². The highest BCUT2D eigenvalue weighted by molar-refractivity contribution is 6.21. The molecule has 0 aliphatic carbocycles. The van der Waals surface area contributed by atoms with Crippen molar-refractivity contribution in [3.8, 4) is 0 Å². The third kappa shape index (κ3) is 1.38. The zero-order valence-electron chi connectivity index (χ0n) is 5.98. The Morgan fingerprint density at radius 3 is 2.89 bits per heavy atom. The summed E-state index contributed by atoms with van der Waals surface area (Å²) in [5.74, 6) is 0. The maximum Gasteiger partial charge on any atom is 0.138 e. The molecule has 1 atom stereocenters. The van der Waals surface area contributed by atoms with Crippen molar-refractivity contribution in [3.63, 3.8) is 0 Å². The van der Waals surface area contributed by atoms with Gasteiger partial charge in [0.25, 0.3) is 0 Å². The third-order valence-electron chi connectivity index (χ3n) is 1.49. The fourth-order valence-corrected chi connectivity index (χ4v) is 0.877. The van der Waals surface area contributed by atoms with E-state index >= 15 is 0 Å². The molecule has 1 aliphatic rings. The van der Waals surface area contributed by atoms with Gasteiger partial charge >= 0.3 is 0 Å². The standard InChI is InChI=1S/C7H11BO/c1-5(2)7-3-6(8)4-9-7/h4,7H,1,3,8H2,2H3. The molecule has 0 aromatic carbocycles. The Labute approximate surface area is 56.8 Å². The van der Waals surface area contributed by atoms with Gasteiger partial charge in [0.2, 0.25) is 0 Å². The molecule has 1 unspecified atom stereocenters. The van der Waals surface area contributed by atoms with Gasteiger partial charge in [-0.3, -0.25) is 0 Å². The van der Waals surface area contributed by atoms with Crippen molar-refractivity contribution < 1.29 is 4.74 Å². The zero-order valence-corrected chi connectivity index (χ0v) is 5.98. The second-order valence-electron chi connectivity index (χ2n) is 2.64. The predicted molar refractivity (Wildman–Crippen MR) is 40.9 cm³/mol. The molecular formula is C7H11BO. The molecule has 1 rings (SSSR count). The number of rotatable bonds is 1. The molecule has 1 heterocycles. The Kier molecular flexibility index (Phi) is 1.65. The molecule has 0 aromatic heterocycles. The topological polar surface area (TPSA) is 9.23 Å². The van der Waals surface area contributed by atoms with Crippen molar-refractivity contribution in [3.05, 3.63) is 23.9 Å². The molecule has 0 bridgehead atoms. The van der Waals surface area contributed by atoms with Crippen LogP contribution >= 0.6 is 0 Å². The van der Waals surface area contributed by atoms with Crippen LogP contribution in [0, 0.1) is 0 Å². The summed E-state index contributed by atoms with van der Waals surface area (Å²) in [6, 6.07) is 0. The van der Waals surface area contributed by atoms with E-state index in [9.17, 15) is 0 Å². The van der Waals surface area contributed by atoms with Crippen molar-refractivity contribution in [1.82, 2.24) is 0 Å². The summed E-state index contributed by atoms with van der Waals surface area (Å²) in [4.78, 5) is 0. The minimum Gasteiger partial charge on any atom is -0.494 e. The van der Waals surface area contributed by atoms with Gasteiger partial charge in [-0.2, -0.15) is 0 Å². The van der Waals surface area contributed by atoms with Crippen LogP contribution in [0.3, 0.4) is 0 Å². The van der Waals surface area contributed by atoms with E-state index in [4.69, 9.17) is 4.74 Å². The number of hydrogen-bond donors (Lipinski definition) is 0. The van der Waals surface area contributed by atoms with Crippen LogP contribution in [-0.2, 0) is 4.74 Å². The Morgan fingerprint density at radius 1 is 2.00 bits per heavy atom. The van der Waals surface area contributed by atoms with E-state index in [1.807, 2.05) is 13.2 Å². The maximum atomic E-state index is 5.27. The van der Waals surface area contributed by atoms with Gasteiger partial charge in [0.1, 0.15) is 14.0 Å². The Morgan fingerprint density at radius 2 is 2.67 bits per heavy atom. The van der Waals surface area contributed by atoms with Crippen molar-refractivity contribution in [2.24, 2.45) is 0 Å². The summed E-state index contributed by atoms with van der Waals surface area (Å²) in [5, 5.41) is 0. The van der Waals surface area contributed by atoms with Crippen molar-refractivity contribution in [2.75, 3.05) is 0 Å². The monoisotopic (exact) mass is 122 g/mol. The third-order valence-corrected chi connectivity index (χ3v) is 1.49. The highest BCUT2D eigenvalue weighted by atomic mass is 16.5. The smallest absolute Gasteiger partial charge is 0.138 e. The summed E-state index contributed by atoms with van der Waals surface area (Å²) >= 11 is 0. The Bertz CT molecular complexity index is 160. The average molecular weight is 122 g/mol. The molecule has 2 heteroatoms. The lowest BCUT2D eigenvalue weighted by Crippen LogP contribution is -2.05. The first-order valence-electron chi connectivity index (χ1n) is 3.16. The second kappa shape index (κ2) is 2.30. The van der Waals surface area contributed by atoms with Gasteiger partial charge in [0.15, 0.2) is 0 Å². The van der Waals surface area contributed by atoms with E-state index in [0.29, 0.717) is 0 Å². The summed E-state index contributed by atoms with van der Waals surface area (Å²) in [7, 11) is 2.07. The van der Waals surface area contributed by atoms with Crippen LogP contribution in [0.1, 0.15) is 13.3 Å². The summed E-state index contributed by atoms with van der Waals surface area (Å²) in [6.07, 6.45) is 3.10. The van der Waals surface area contributed by atoms with Gasteiger partial charge in [0, 0.05) is 6.42 Å². The fraction of sp³-hybridized carbons (Fsp3) is 0.429. The lowest BCUT2D eigenvalue weighted by molar-refractivity contribution is 0.204. The molecule has 1 aliphatic heterocycles. The summed E-state index contributed by atoms with van der Waals surface area (Å²) in [6.45, 7) is 5.81. The second-order valence-corrected chi connectivity index (χ2v) is 2.64. The van der Waals surface area contributed by atoms with Crippen molar-refractivity contribution in [1.29, 1.82) is 0 Å². The van der Waals surface area contributed by atoms with Crippen LogP contribution in [0.15, 0.2) is 23.9 Å². The first kappa shape index (κ1) is 6.46. The molecule has 0 saturated carbocycles. The molecule has 0 saturated heterocycles. The minimum atomic E-state index is 0.255. The van der Waals surface area contributed by atoms with Gasteiger partial charge in [-0.1, -0.05) is 12.1 Å². The maximum absolute atomic E-state index is 5.27. The first-order chi connectivity index (χ1) is 4.20. The van der Waals surface area contributed by atoms with Gasteiger partial charge in [0.05, 0.1) is 6.26 Å². The number of hydrogen-bond acceptors (Lipinski definition) is 1. The van der Waals surface area contributed by atoms with E-state index in [2.05, 4.69) is 14.4 Å². The average Bonchev–Trinajstić information content (AvgIpc) is 2.14. The van der Waals surface area contributed by atoms with E-state index in [-0.39, 0.29) is 6.10 Å². The van der Waals surface area contributed by atoms with Crippen molar-refractivity contribution in [2.45, 2.75) is 19.4 Å². The quantitative estimate of drug-likeness (QED) is 0.369. The zero-order chi connectivity index (χ0) is 6.85. The number of ether oxygens (including phenoxy) is 1. The van der Waals surface area contributed by atoms with Crippen LogP contribution in [0.5, 0.6) is 0 Å². The minimum absolute atomic E-state index is 0.255. The van der Waals surface area contributed by atoms with Crippen LogP contribution in [0.2, 0.25) is 0 Å². The van der Waals surface area contributed by atoms with E-state index < -0.39 is 0 Å². The highest BCUT2D eigenvalue weighted by Crippen LogP contribution is 2.19. The van der Waals surface area contributed by atoms with E-state index in [0.717, 1.165) is 12.0 Å². The Hall–Kier alpha value is -0.655. The van der Waals surface area contributed by atoms with Crippen LogP contribution in [-0.4, -0.2) is 14.0 Å². The molecule has 9 heavy (non-hydrogen) atoms. The molecular weight excluding hydrogens is 111 g/mol. The lowest BCUT2D eigenvalue weighted by Gasteiger charge is -2.07. The summed E-state index contributed by atoms with van der Waals surface area (Å²) < 4.78 is 5.27. The van der Waals surface area contributed by atoms with Crippen LogP contribution in [0.4, 0.5) is 0 Å². The SMILES string of the molecule is BC1=COC(C(=C)C)C1. The van der Waals surface area contributed by atoms with Gasteiger partial charge in [-0.15, -0.1) is 0 Å². The van der Waals surface area contributed by atoms with Gasteiger partial charge < -0.3 is 4.74 Å². The predicted octanol–water partition coefficient (Wildman–Crippen LogP) is 0.826. The first-order valence-corrected chi connectivity index (χ1v) is 3.16. The molecule has 0 radical (unpaired) electrons. The molecule has 0 fully saturated rings. The molecule has 0 N–H and O–H groups in total. The highest BCUT2D eigenvalue weighted by Gasteiger charge is 2.14. The Balaban J connectivity index is 2.47. The fourth-order valence-electron chi connectivity index (χ4n) is 0.877. The van der Waals surface area contributed by atoms with Crippen molar-refractivity contribution >= 4 is 7.85 Å².